The molecule has 0 aliphatic rings. The van der Waals surface area contributed by atoms with Gasteiger partial charge in [0.2, 0.25) is 0 Å². The summed E-state index contributed by atoms with van der Waals surface area (Å²) in [6.45, 7) is 0. The number of hydrogen-bond donors (Lipinski definition) is 2. The summed E-state index contributed by atoms with van der Waals surface area (Å²) in [5.41, 5.74) is -2.46. The first kappa shape index (κ1) is 18.2. The zero-order chi connectivity index (χ0) is 18.1. The predicted molar refractivity (Wildman–Crippen MR) is 78.3 cm³/mol. The first-order valence-electron chi connectivity index (χ1n) is 6.04. The molecule has 0 saturated heterocycles. The molecule has 2 N–H and O–H groups in total. The molecular weight excluding hydrogens is 380 g/mol. The normalized spacial score (nSPS) is 11.3. The van der Waals surface area contributed by atoms with Gasteiger partial charge in [0.05, 0.1) is 11.3 Å². The van der Waals surface area contributed by atoms with Crippen molar-refractivity contribution in [2.75, 3.05) is 10.6 Å². The molecule has 0 aliphatic carbocycles. The molecule has 0 unspecified atom stereocenters. The fourth-order valence-electron chi connectivity index (χ4n) is 1.69. The Hall–Kier alpha value is -2.13. The van der Waals surface area contributed by atoms with E-state index in [2.05, 4.69) is 10.3 Å². The molecule has 2 amide bonds. The highest BCUT2D eigenvalue weighted by Crippen LogP contribution is 2.34. The minimum Gasteiger partial charge on any atom is -0.307 e. The van der Waals surface area contributed by atoms with E-state index in [1.54, 1.807) is 0 Å². The molecular formula is C13H6Cl2F5N3O. The molecule has 0 atom stereocenters. The third-order valence-corrected chi connectivity index (χ3v) is 3.04. The molecule has 0 fully saturated rings. The average molecular weight is 386 g/mol. The summed E-state index contributed by atoms with van der Waals surface area (Å²) < 4.78 is 64.4. The maximum atomic E-state index is 13.7. The number of carbonyl (C=O) groups excluding carboxylic acids is 1. The van der Waals surface area contributed by atoms with Gasteiger partial charge < -0.3 is 10.6 Å². The van der Waals surface area contributed by atoms with Crippen LogP contribution in [0.2, 0.25) is 10.3 Å². The number of nitrogens with zero attached hydrogens (tertiary/aromatic N) is 1. The van der Waals surface area contributed by atoms with Crippen LogP contribution in [0.25, 0.3) is 0 Å². The Labute approximate surface area is 141 Å². The topological polar surface area (TPSA) is 54.0 Å². The zero-order valence-electron chi connectivity index (χ0n) is 11.3. The van der Waals surface area contributed by atoms with Crippen LogP contribution >= 0.6 is 23.2 Å². The van der Waals surface area contributed by atoms with E-state index in [1.807, 2.05) is 5.32 Å². The molecule has 1 aromatic heterocycles. The number of carbonyl (C=O) groups is 1. The molecule has 0 saturated carbocycles. The molecule has 0 radical (unpaired) electrons. The number of pyridine rings is 1. The molecule has 4 nitrogen and oxygen atoms in total. The van der Waals surface area contributed by atoms with Crippen LogP contribution in [0.1, 0.15) is 5.56 Å². The zero-order valence-corrected chi connectivity index (χ0v) is 12.8. The minimum atomic E-state index is -5.06. The van der Waals surface area contributed by atoms with Crippen molar-refractivity contribution >= 4 is 40.6 Å². The van der Waals surface area contributed by atoms with Gasteiger partial charge in [-0.15, -0.1) is 0 Å². The molecule has 24 heavy (non-hydrogen) atoms. The maximum Gasteiger partial charge on any atom is 0.419 e. The van der Waals surface area contributed by atoms with Gasteiger partial charge in [0.25, 0.3) is 0 Å². The van der Waals surface area contributed by atoms with Crippen molar-refractivity contribution in [2.45, 2.75) is 6.18 Å². The number of rotatable bonds is 2. The van der Waals surface area contributed by atoms with Crippen LogP contribution in [-0.4, -0.2) is 11.0 Å². The number of amides is 2. The van der Waals surface area contributed by atoms with Crippen LogP contribution in [0.4, 0.5) is 38.1 Å². The van der Waals surface area contributed by atoms with Crippen molar-refractivity contribution in [3.05, 3.63) is 51.8 Å². The van der Waals surface area contributed by atoms with Crippen molar-refractivity contribution in [3.63, 3.8) is 0 Å². The van der Waals surface area contributed by atoms with Gasteiger partial charge >= 0.3 is 12.2 Å². The molecule has 2 rings (SSSR count). The highest BCUT2D eigenvalue weighted by atomic mass is 35.5. The summed E-state index contributed by atoms with van der Waals surface area (Å²) in [7, 11) is 0. The third-order valence-electron chi connectivity index (χ3n) is 2.66. The molecule has 2 aromatic rings. The Morgan fingerprint density at radius 3 is 2.12 bits per heavy atom. The van der Waals surface area contributed by atoms with Crippen LogP contribution in [0.3, 0.4) is 0 Å². The molecule has 1 aromatic carbocycles. The van der Waals surface area contributed by atoms with Gasteiger partial charge in [-0.2, -0.15) is 13.2 Å². The van der Waals surface area contributed by atoms with Gasteiger partial charge in [-0.05, 0) is 24.3 Å². The molecule has 11 heteroatoms. The summed E-state index contributed by atoms with van der Waals surface area (Å²) in [4.78, 5) is 15.3. The minimum absolute atomic E-state index is 0.0374. The van der Waals surface area contributed by atoms with Gasteiger partial charge in [0.1, 0.15) is 10.3 Å². The Bertz CT molecular complexity index is 778. The van der Waals surface area contributed by atoms with Crippen molar-refractivity contribution in [1.82, 2.24) is 4.98 Å². The van der Waals surface area contributed by atoms with Gasteiger partial charge in [-0.3, -0.25) is 0 Å². The van der Waals surface area contributed by atoms with E-state index in [0.29, 0.717) is 12.1 Å². The van der Waals surface area contributed by atoms with Crippen LogP contribution < -0.4 is 10.6 Å². The quantitative estimate of drug-likeness (QED) is 0.542. The number of nitrogens with one attached hydrogen (secondary N) is 2. The van der Waals surface area contributed by atoms with E-state index < -0.39 is 35.1 Å². The Morgan fingerprint density at radius 1 is 1.00 bits per heavy atom. The van der Waals surface area contributed by atoms with E-state index in [1.165, 1.54) is 12.1 Å². The summed E-state index contributed by atoms with van der Waals surface area (Å²) in [5.74, 6) is -3.96. The van der Waals surface area contributed by atoms with E-state index >= 15 is 0 Å². The summed E-state index contributed by atoms with van der Waals surface area (Å²) in [6.07, 6.45) is -5.06. The lowest BCUT2D eigenvalue weighted by Crippen LogP contribution is -2.21. The number of aromatic nitrogens is 1. The van der Waals surface area contributed by atoms with E-state index in [4.69, 9.17) is 23.2 Å². The van der Waals surface area contributed by atoms with Crippen molar-refractivity contribution < 1.29 is 26.7 Å². The first-order valence-corrected chi connectivity index (χ1v) is 6.80. The van der Waals surface area contributed by atoms with Gasteiger partial charge in [-0.25, -0.2) is 18.6 Å². The standard InChI is InChI=1S/C13H6Cl2F5N3O/c14-8-3-5(4-9(15)23-8)21-12(24)22-7-2-1-6(13(18,19)20)10(16)11(7)17/h1-4H,(H2,21,22,23,24). The number of benzene rings is 1. The fourth-order valence-corrected chi connectivity index (χ4v) is 2.15. The van der Waals surface area contributed by atoms with Crippen molar-refractivity contribution in [3.8, 4) is 0 Å². The lowest BCUT2D eigenvalue weighted by atomic mass is 10.1. The third kappa shape index (κ3) is 4.24. The number of urea groups is 1. The van der Waals surface area contributed by atoms with Crippen molar-refractivity contribution in [2.24, 2.45) is 0 Å². The highest BCUT2D eigenvalue weighted by Gasteiger charge is 2.36. The second-order valence-electron chi connectivity index (χ2n) is 4.37. The number of hydrogen-bond acceptors (Lipinski definition) is 2. The lowest BCUT2D eigenvalue weighted by Gasteiger charge is -2.12. The molecule has 1 heterocycles. The van der Waals surface area contributed by atoms with Gasteiger partial charge in [-0.1, -0.05) is 23.2 Å². The summed E-state index contributed by atoms with van der Waals surface area (Å²) in [6, 6.07) is 2.29. The van der Waals surface area contributed by atoms with Crippen LogP contribution in [-0.2, 0) is 6.18 Å². The highest BCUT2D eigenvalue weighted by molar-refractivity contribution is 6.33. The lowest BCUT2D eigenvalue weighted by molar-refractivity contribution is -0.140. The second kappa shape index (κ2) is 6.78. The number of anilines is 2. The van der Waals surface area contributed by atoms with Gasteiger partial charge in [0.15, 0.2) is 11.6 Å². The second-order valence-corrected chi connectivity index (χ2v) is 5.14. The monoisotopic (exact) mass is 385 g/mol. The smallest absolute Gasteiger partial charge is 0.307 e. The number of halogens is 7. The Balaban J connectivity index is 2.19. The van der Waals surface area contributed by atoms with Gasteiger partial charge in [0, 0.05) is 5.69 Å². The average Bonchev–Trinajstić information content (AvgIpc) is 2.41. The Kier molecular flexibility index (Phi) is 5.14. The van der Waals surface area contributed by atoms with Crippen LogP contribution in [0.15, 0.2) is 24.3 Å². The van der Waals surface area contributed by atoms with E-state index in [-0.39, 0.29) is 16.0 Å². The molecule has 0 aliphatic heterocycles. The van der Waals surface area contributed by atoms with E-state index in [9.17, 15) is 26.7 Å². The first-order chi connectivity index (χ1) is 11.1. The predicted octanol–water partition coefficient (Wildman–Crippen LogP) is 5.33. The molecule has 0 bridgehead atoms. The molecule has 128 valence electrons. The number of alkyl halides is 3. The van der Waals surface area contributed by atoms with Crippen LogP contribution in [0, 0.1) is 11.6 Å². The largest absolute Gasteiger partial charge is 0.419 e. The Morgan fingerprint density at radius 2 is 1.58 bits per heavy atom. The van der Waals surface area contributed by atoms with Crippen LogP contribution in [0.5, 0.6) is 0 Å². The SMILES string of the molecule is O=C(Nc1cc(Cl)nc(Cl)c1)Nc1ccc(C(F)(F)F)c(F)c1F. The fraction of sp³-hybridized carbons (Fsp3) is 0.0769. The summed E-state index contributed by atoms with van der Waals surface area (Å²) in [5, 5.41) is 4.00. The maximum absolute atomic E-state index is 13.7. The van der Waals surface area contributed by atoms with Crippen molar-refractivity contribution in [1.29, 1.82) is 0 Å². The summed E-state index contributed by atoms with van der Waals surface area (Å²) >= 11 is 11.2. The van der Waals surface area contributed by atoms with E-state index in [0.717, 1.165) is 0 Å². The molecule has 0 spiro atoms.